The van der Waals surface area contributed by atoms with E-state index < -0.39 is 11.9 Å². The Hall–Kier alpha value is -2.35. The van der Waals surface area contributed by atoms with Crippen LogP contribution in [0.4, 0.5) is 10.2 Å². The van der Waals surface area contributed by atoms with Crippen LogP contribution in [0.1, 0.15) is 31.1 Å². The molecule has 0 aliphatic carbocycles. The van der Waals surface area contributed by atoms with E-state index in [1.54, 1.807) is 25.4 Å². The van der Waals surface area contributed by atoms with Crippen molar-refractivity contribution >= 4 is 29.0 Å². The van der Waals surface area contributed by atoms with Crippen molar-refractivity contribution in [2.75, 3.05) is 18.9 Å². The number of pyridine rings is 1. The molecule has 1 saturated heterocycles. The van der Waals surface area contributed by atoms with Crippen molar-refractivity contribution in [3.8, 4) is 16.9 Å². The first-order chi connectivity index (χ1) is 13.9. The lowest BCUT2D eigenvalue weighted by Gasteiger charge is -2.19. The van der Waals surface area contributed by atoms with Crippen LogP contribution in [-0.4, -0.2) is 28.0 Å². The van der Waals surface area contributed by atoms with Gasteiger partial charge in [0.15, 0.2) is 11.6 Å². The summed E-state index contributed by atoms with van der Waals surface area (Å²) in [5.74, 6) is -0.00570. The molecule has 2 aromatic heterocycles. The van der Waals surface area contributed by atoms with Gasteiger partial charge in [0.25, 0.3) is 0 Å². The van der Waals surface area contributed by atoms with E-state index in [1.165, 1.54) is 12.1 Å². The third kappa shape index (κ3) is 4.03. The monoisotopic (exact) mass is 436 g/mol. The molecule has 9 heteroatoms. The standard InChI is InChI=1S/C20H19Cl2FN4O2/c1-11(18-15(21)2-3-16(23)19(18)22)29-17-6-12(7-25-20(17)24)13-8-26-27(9-13)14-4-5-28-10-14/h2-3,6-9,11,14H,4-5,10H2,1H3,(H2,24,25). The summed E-state index contributed by atoms with van der Waals surface area (Å²) < 4.78 is 27.1. The zero-order valence-electron chi connectivity index (χ0n) is 15.6. The van der Waals surface area contributed by atoms with Crippen molar-refractivity contribution in [1.82, 2.24) is 14.8 Å². The Morgan fingerprint density at radius 3 is 2.90 bits per heavy atom. The number of benzene rings is 1. The van der Waals surface area contributed by atoms with Gasteiger partial charge in [0.2, 0.25) is 0 Å². The molecule has 6 nitrogen and oxygen atoms in total. The Kier molecular flexibility index (Phi) is 5.63. The van der Waals surface area contributed by atoms with E-state index in [4.69, 9.17) is 38.4 Å². The van der Waals surface area contributed by atoms with Crippen molar-refractivity contribution < 1.29 is 13.9 Å². The summed E-state index contributed by atoms with van der Waals surface area (Å²) in [5, 5.41) is 4.66. The second kappa shape index (κ2) is 8.18. The first-order valence-electron chi connectivity index (χ1n) is 9.12. The van der Waals surface area contributed by atoms with Crippen LogP contribution in [0.5, 0.6) is 5.75 Å². The Bertz CT molecular complexity index is 1040. The lowest BCUT2D eigenvalue weighted by Crippen LogP contribution is -2.08. The fourth-order valence-electron chi connectivity index (χ4n) is 3.29. The maximum Gasteiger partial charge on any atom is 0.166 e. The van der Waals surface area contributed by atoms with Crippen LogP contribution in [0.25, 0.3) is 11.1 Å². The SMILES string of the molecule is CC(Oc1cc(-c2cnn(C3CCOC3)c2)cnc1N)c1c(Cl)ccc(F)c1Cl. The fourth-order valence-corrected chi connectivity index (χ4v) is 3.97. The highest BCUT2D eigenvalue weighted by atomic mass is 35.5. The summed E-state index contributed by atoms with van der Waals surface area (Å²) in [6.45, 7) is 3.11. The van der Waals surface area contributed by atoms with Crippen LogP contribution in [-0.2, 0) is 4.74 Å². The van der Waals surface area contributed by atoms with Gasteiger partial charge in [0.1, 0.15) is 11.9 Å². The van der Waals surface area contributed by atoms with Gasteiger partial charge >= 0.3 is 0 Å². The lowest BCUT2D eigenvalue weighted by atomic mass is 10.1. The van der Waals surface area contributed by atoms with E-state index in [2.05, 4.69) is 10.1 Å². The van der Waals surface area contributed by atoms with Crippen LogP contribution in [0, 0.1) is 5.82 Å². The minimum absolute atomic E-state index is 0.0762. The average molecular weight is 437 g/mol. The average Bonchev–Trinajstić information content (AvgIpc) is 3.38. The zero-order valence-corrected chi connectivity index (χ0v) is 17.1. The maximum atomic E-state index is 13.9. The molecule has 1 fully saturated rings. The summed E-state index contributed by atoms with van der Waals surface area (Å²) in [7, 11) is 0. The third-order valence-corrected chi connectivity index (χ3v) is 5.60. The Morgan fingerprint density at radius 2 is 2.14 bits per heavy atom. The molecule has 4 rings (SSSR count). The van der Waals surface area contributed by atoms with E-state index in [0.717, 1.165) is 24.2 Å². The first-order valence-corrected chi connectivity index (χ1v) is 9.87. The summed E-state index contributed by atoms with van der Waals surface area (Å²) in [6.07, 6.45) is 5.66. The van der Waals surface area contributed by atoms with E-state index in [9.17, 15) is 4.39 Å². The number of nitrogens with zero attached hydrogens (tertiary/aromatic N) is 3. The second-order valence-corrected chi connectivity index (χ2v) is 7.64. The largest absolute Gasteiger partial charge is 0.482 e. The minimum atomic E-state index is -0.636. The zero-order chi connectivity index (χ0) is 20.5. The van der Waals surface area contributed by atoms with Gasteiger partial charge in [0, 0.05) is 40.7 Å². The van der Waals surface area contributed by atoms with Gasteiger partial charge in [-0.25, -0.2) is 9.37 Å². The van der Waals surface area contributed by atoms with Gasteiger partial charge in [-0.1, -0.05) is 23.2 Å². The molecule has 2 unspecified atom stereocenters. The minimum Gasteiger partial charge on any atom is -0.482 e. The first kappa shape index (κ1) is 19.9. The van der Waals surface area contributed by atoms with Gasteiger partial charge < -0.3 is 15.2 Å². The van der Waals surface area contributed by atoms with Gasteiger partial charge in [-0.05, 0) is 31.5 Å². The molecule has 3 aromatic rings. The summed E-state index contributed by atoms with van der Waals surface area (Å²) in [4.78, 5) is 4.22. The van der Waals surface area contributed by atoms with Crippen molar-refractivity contribution in [3.63, 3.8) is 0 Å². The molecule has 152 valence electrons. The number of aromatic nitrogens is 3. The van der Waals surface area contributed by atoms with Crippen molar-refractivity contribution in [2.45, 2.75) is 25.5 Å². The molecule has 0 saturated carbocycles. The van der Waals surface area contributed by atoms with E-state index in [1.807, 2.05) is 10.9 Å². The van der Waals surface area contributed by atoms with E-state index in [-0.39, 0.29) is 16.9 Å². The number of halogens is 3. The molecule has 3 heterocycles. The smallest absolute Gasteiger partial charge is 0.166 e. The summed E-state index contributed by atoms with van der Waals surface area (Å²) in [6, 6.07) is 4.66. The lowest BCUT2D eigenvalue weighted by molar-refractivity contribution is 0.184. The Balaban J connectivity index is 1.60. The summed E-state index contributed by atoms with van der Waals surface area (Å²) >= 11 is 12.3. The molecule has 2 atom stereocenters. The summed E-state index contributed by atoms with van der Waals surface area (Å²) in [5.41, 5.74) is 8.02. The van der Waals surface area contributed by atoms with E-state index in [0.29, 0.717) is 22.9 Å². The molecular formula is C20H19Cl2FN4O2. The van der Waals surface area contributed by atoms with Crippen LogP contribution < -0.4 is 10.5 Å². The molecular weight excluding hydrogens is 418 g/mol. The Labute approximate surface area is 177 Å². The third-order valence-electron chi connectivity index (χ3n) is 4.89. The quantitative estimate of drug-likeness (QED) is 0.564. The number of nitrogen functional groups attached to an aromatic ring is 1. The number of anilines is 1. The molecule has 0 bridgehead atoms. The molecule has 2 N–H and O–H groups in total. The van der Waals surface area contributed by atoms with Crippen LogP contribution in [0.2, 0.25) is 10.0 Å². The molecule has 29 heavy (non-hydrogen) atoms. The highest BCUT2D eigenvalue weighted by Gasteiger charge is 2.21. The van der Waals surface area contributed by atoms with Gasteiger partial charge in [-0.15, -0.1) is 0 Å². The van der Waals surface area contributed by atoms with Crippen molar-refractivity contribution in [3.05, 3.63) is 58.2 Å². The predicted molar refractivity (Wildman–Crippen MR) is 110 cm³/mol. The number of ether oxygens (including phenoxy) is 2. The molecule has 1 aliphatic heterocycles. The predicted octanol–water partition coefficient (Wildman–Crippen LogP) is 5.07. The molecule has 0 amide bonds. The van der Waals surface area contributed by atoms with Gasteiger partial charge in [-0.3, -0.25) is 4.68 Å². The van der Waals surface area contributed by atoms with Crippen LogP contribution in [0.15, 0.2) is 36.8 Å². The number of hydrogen-bond donors (Lipinski definition) is 1. The highest BCUT2D eigenvalue weighted by molar-refractivity contribution is 6.36. The van der Waals surface area contributed by atoms with Gasteiger partial charge in [0.05, 0.1) is 23.9 Å². The van der Waals surface area contributed by atoms with Crippen LogP contribution >= 0.6 is 23.2 Å². The Morgan fingerprint density at radius 1 is 1.31 bits per heavy atom. The van der Waals surface area contributed by atoms with Crippen LogP contribution in [0.3, 0.4) is 0 Å². The second-order valence-electron chi connectivity index (χ2n) is 6.85. The number of rotatable bonds is 5. The molecule has 1 aromatic carbocycles. The fraction of sp³-hybridized carbons (Fsp3) is 0.300. The maximum absolute atomic E-state index is 13.9. The number of nitrogens with two attached hydrogens (primary N) is 1. The molecule has 1 aliphatic rings. The van der Waals surface area contributed by atoms with E-state index >= 15 is 0 Å². The highest BCUT2D eigenvalue weighted by Crippen LogP contribution is 2.37. The topological polar surface area (TPSA) is 75.2 Å². The molecule has 0 radical (unpaired) electrons. The normalized spacial score (nSPS) is 17.4. The molecule has 0 spiro atoms. The van der Waals surface area contributed by atoms with Crippen molar-refractivity contribution in [2.24, 2.45) is 0 Å². The van der Waals surface area contributed by atoms with Gasteiger partial charge in [-0.2, -0.15) is 5.10 Å². The van der Waals surface area contributed by atoms with Crippen molar-refractivity contribution in [1.29, 1.82) is 0 Å². The number of hydrogen-bond acceptors (Lipinski definition) is 5.